The molecule has 2 aliphatic rings. The zero-order valence-corrected chi connectivity index (χ0v) is 42.5. The van der Waals surface area contributed by atoms with Crippen LogP contribution in [0.2, 0.25) is 10.0 Å². The summed E-state index contributed by atoms with van der Waals surface area (Å²) in [7, 11) is 1.70. The Balaban J connectivity index is 0.985. The number of carboxylic acid groups (broad SMARTS) is 2. The molecule has 6 aromatic rings. The first-order valence-electron chi connectivity index (χ1n) is 24.3. The molecule has 4 N–H and O–H groups in total. The molecule has 2 aliphatic carbocycles. The molecule has 16 heteroatoms. The maximum atomic E-state index is 11.9. The minimum absolute atomic E-state index is 0.135. The van der Waals surface area contributed by atoms with Crippen LogP contribution >= 0.6 is 23.2 Å². The van der Waals surface area contributed by atoms with Crippen LogP contribution in [0.1, 0.15) is 94.2 Å². The average molecular weight is 1030 g/mol. The molecule has 0 bridgehead atoms. The van der Waals surface area contributed by atoms with Gasteiger partial charge in [-0.2, -0.15) is 5.26 Å². The topological polar surface area (TPSA) is 198 Å². The molecular formula is C57H58Cl2N6O8. The van der Waals surface area contributed by atoms with Gasteiger partial charge in [-0.05, 0) is 97.2 Å². The highest BCUT2D eigenvalue weighted by atomic mass is 35.5. The van der Waals surface area contributed by atoms with Gasteiger partial charge in [0.05, 0.1) is 27.4 Å². The molecule has 2 fully saturated rings. The van der Waals surface area contributed by atoms with Gasteiger partial charge in [-0.3, -0.25) is 24.5 Å². The van der Waals surface area contributed by atoms with Crippen molar-refractivity contribution >= 4 is 41.4 Å². The lowest BCUT2D eigenvalue weighted by Crippen LogP contribution is -2.35. The normalized spacial score (nSPS) is 17.4. The highest BCUT2D eigenvalue weighted by Crippen LogP contribution is 2.38. The summed E-state index contributed by atoms with van der Waals surface area (Å²) in [5.74, 6) is -0.600. The Morgan fingerprint density at radius 1 is 0.658 bits per heavy atom. The minimum atomic E-state index is -0.807. The van der Waals surface area contributed by atoms with Crippen LogP contribution in [-0.4, -0.2) is 57.5 Å². The van der Waals surface area contributed by atoms with Gasteiger partial charge in [-0.25, -0.2) is 0 Å². The predicted molar refractivity (Wildman–Crippen MR) is 279 cm³/mol. The van der Waals surface area contributed by atoms with Crippen LogP contribution in [0.25, 0.3) is 11.1 Å². The van der Waals surface area contributed by atoms with Gasteiger partial charge in [-0.1, -0.05) is 72.4 Å². The molecule has 0 amide bonds. The molecule has 2 heterocycles. The highest BCUT2D eigenvalue weighted by Gasteiger charge is 2.34. The Bertz CT molecular complexity index is 3030. The fourth-order valence-electron chi connectivity index (χ4n) is 9.73. The van der Waals surface area contributed by atoms with Crippen molar-refractivity contribution in [2.75, 3.05) is 7.05 Å². The number of benzene rings is 4. The van der Waals surface area contributed by atoms with Gasteiger partial charge < -0.3 is 39.8 Å². The first-order valence-corrected chi connectivity index (χ1v) is 25.1. The minimum Gasteiger partial charge on any atom is -0.488 e. The first kappa shape index (κ1) is 52.3. The van der Waals surface area contributed by atoms with Gasteiger partial charge in [0.25, 0.3) is 0 Å². The second-order valence-electron chi connectivity index (χ2n) is 18.5. The molecule has 2 saturated carbocycles. The number of aliphatic imine (C=N–C) groups is 1. The number of aromatic nitrogens is 2. The third-order valence-electron chi connectivity index (χ3n) is 13.8. The molecule has 0 radical (unpaired) electrons. The maximum absolute atomic E-state index is 11.9. The van der Waals surface area contributed by atoms with Crippen molar-refractivity contribution in [3.05, 3.63) is 163 Å². The molecule has 8 rings (SSSR count). The summed E-state index contributed by atoms with van der Waals surface area (Å²) < 4.78 is 25.7. The average Bonchev–Trinajstić information content (AvgIpc) is 4.08. The second kappa shape index (κ2) is 24.6. The van der Waals surface area contributed by atoms with Crippen LogP contribution in [0.4, 0.5) is 0 Å². The van der Waals surface area contributed by atoms with Crippen LogP contribution in [-0.2, 0) is 49.1 Å². The van der Waals surface area contributed by atoms with Crippen LogP contribution < -0.4 is 29.6 Å². The molecule has 0 spiro atoms. The van der Waals surface area contributed by atoms with Gasteiger partial charge in [0.2, 0.25) is 0 Å². The van der Waals surface area contributed by atoms with Crippen molar-refractivity contribution in [1.82, 2.24) is 20.6 Å². The van der Waals surface area contributed by atoms with E-state index in [1.54, 1.807) is 56.1 Å². The number of ether oxygens (including phenoxy) is 4. The summed E-state index contributed by atoms with van der Waals surface area (Å²) in [6.45, 7) is 5.61. The third-order valence-corrected chi connectivity index (χ3v) is 14.4. The van der Waals surface area contributed by atoms with Gasteiger partial charge in [0, 0.05) is 103 Å². The molecule has 1 unspecified atom stereocenters. The standard InChI is InChI=1S/C57H58Cl2N6O8/c1-34-40(32-72-54-20-52(70-30-38-16-36(22-60)24-62-26-38)42(18-48(54)58)28-64-50-14-6-12-46(50)56(66)67)8-4-10-44(34)45-11-5-9-41(35(45)2)33-73-55-21-53(71-31-39-17-37(23-61-3)25-63-27-39)43(19-49(55)59)29-65-51-15-7-13-47(51)57(68)69/h4-5,8-11,16-21,23-27,46-47,50-51,64-65H,6-7,12-15,28-33H2,1-3H3,(H,66,67)(H,68,69)/t46-,47-,50+,51?/m0/s1. The van der Waals surface area contributed by atoms with Crippen molar-refractivity contribution in [2.24, 2.45) is 16.8 Å². The summed E-state index contributed by atoms with van der Waals surface area (Å²) >= 11 is 13.8. The van der Waals surface area contributed by atoms with Crippen molar-refractivity contribution in [2.45, 2.75) is 104 Å². The summed E-state index contributed by atoms with van der Waals surface area (Å²) in [5, 5.41) is 36.7. The summed E-state index contributed by atoms with van der Waals surface area (Å²) in [6.07, 6.45) is 12.8. The number of carboxylic acids is 2. The third kappa shape index (κ3) is 13.2. The number of rotatable bonds is 22. The lowest BCUT2D eigenvalue weighted by molar-refractivity contribution is -0.143. The van der Waals surface area contributed by atoms with E-state index in [1.165, 1.54) is 6.20 Å². The fraction of sp³-hybridized carbons (Fsp3) is 0.333. The molecule has 4 atom stereocenters. The maximum Gasteiger partial charge on any atom is 0.308 e. The number of nitrogens with one attached hydrogen (secondary N) is 2. The van der Waals surface area contributed by atoms with E-state index in [9.17, 15) is 25.1 Å². The van der Waals surface area contributed by atoms with Gasteiger partial charge >= 0.3 is 11.9 Å². The van der Waals surface area contributed by atoms with E-state index in [1.807, 2.05) is 36.4 Å². The Morgan fingerprint density at radius 3 is 1.62 bits per heavy atom. The van der Waals surface area contributed by atoms with E-state index in [-0.39, 0.29) is 38.5 Å². The van der Waals surface area contributed by atoms with Crippen LogP contribution in [0.5, 0.6) is 23.0 Å². The number of aliphatic carboxylic acids is 2. The Morgan fingerprint density at radius 2 is 1.14 bits per heavy atom. The van der Waals surface area contributed by atoms with Crippen molar-refractivity contribution in [1.29, 1.82) is 5.26 Å². The quantitative estimate of drug-likeness (QED) is 0.0469. The van der Waals surface area contributed by atoms with E-state index in [4.69, 9.17) is 42.1 Å². The molecule has 0 aliphatic heterocycles. The van der Waals surface area contributed by atoms with Crippen molar-refractivity contribution in [3.63, 3.8) is 0 Å². The smallest absolute Gasteiger partial charge is 0.308 e. The summed E-state index contributed by atoms with van der Waals surface area (Å²) in [6, 6.07) is 24.8. The summed E-state index contributed by atoms with van der Waals surface area (Å²) in [4.78, 5) is 36.5. The predicted octanol–water partition coefficient (Wildman–Crippen LogP) is 11.0. The number of nitrogens with zero attached hydrogens (tertiary/aromatic N) is 4. The number of hydrogen-bond acceptors (Lipinski definition) is 12. The monoisotopic (exact) mass is 1020 g/mol. The molecule has 73 heavy (non-hydrogen) atoms. The largest absolute Gasteiger partial charge is 0.488 e. The lowest BCUT2D eigenvalue weighted by atomic mass is 9.92. The van der Waals surface area contributed by atoms with Crippen LogP contribution in [0, 0.1) is 37.0 Å². The van der Waals surface area contributed by atoms with E-state index in [0.29, 0.717) is 70.1 Å². The molecule has 2 aromatic heterocycles. The number of hydrogen-bond donors (Lipinski definition) is 4. The number of halogens is 2. The van der Waals surface area contributed by atoms with Gasteiger partial charge in [0.15, 0.2) is 0 Å². The first-order chi connectivity index (χ1) is 35.4. The van der Waals surface area contributed by atoms with E-state index < -0.39 is 23.8 Å². The molecule has 378 valence electrons. The van der Waals surface area contributed by atoms with E-state index in [0.717, 1.165) is 81.3 Å². The second-order valence-corrected chi connectivity index (χ2v) is 19.4. The number of nitriles is 1. The molecule has 4 aromatic carbocycles. The Kier molecular flexibility index (Phi) is 17.6. The van der Waals surface area contributed by atoms with Crippen molar-refractivity contribution in [3.8, 4) is 40.2 Å². The zero-order chi connectivity index (χ0) is 51.4. The summed E-state index contributed by atoms with van der Waals surface area (Å²) in [5.41, 5.74) is 10.4. The zero-order valence-electron chi connectivity index (χ0n) is 41.0. The van der Waals surface area contributed by atoms with E-state index in [2.05, 4.69) is 57.6 Å². The van der Waals surface area contributed by atoms with Gasteiger partial charge in [-0.15, -0.1) is 0 Å². The lowest BCUT2D eigenvalue weighted by Gasteiger charge is -2.21. The fourth-order valence-corrected chi connectivity index (χ4v) is 10.2. The SMILES string of the molecule is CN=Cc1cncc(COc2cc(OCc3cccc(-c4cccc(COc5cc(OCc6cncc(C#N)c6)c(CN[C@@H]6CCC[C@@H]6C(=O)O)cc5Cl)c4C)c3C)c(Cl)cc2CNC2CCC[C@@H]2C(=O)O)c1. The number of pyridine rings is 2. The van der Waals surface area contributed by atoms with Crippen LogP contribution in [0.3, 0.4) is 0 Å². The Hall–Kier alpha value is -7.02. The molecule has 14 nitrogen and oxygen atoms in total. The van der Waals surface area contributed by atoms with Crippen molar-refractivity contribution < 1.29 is 38.7 Å². The highest BCUT2D eigenvalue weighted by molar-refractivity contribution is 6.32. The number of carbonyl (C=O) groups is 2. The molecular weight excluding hydrogens is 968 g/mol. The van der Waals surface area contributed by atoms with E-state index >= 15 is 0 Å². The Labute approximate surface area is 435 Å². The van der Waals surface area contributed by atoms with Gasteiger partial charge in [0.1, 0.15) is 55.5 Å². The molecule has 0 saturated heterocycles. The van der Waals surface area contributed by atoms with Crippen LogP contribution in [0.15, 0.2) is 103 Å².